The van der Waals surface area contributed by atoms with Gasteiger partial charge in [0.05, 0.1) is 18.3 Å². The molecule has 8 nitrogen and oxygen atoms in total. The molecule has 3 aromatic rings. The smallest absolute Gasteiger partial charge is 0.294 e. The number of benzene rings is 1. The summed E-state index contributed by atoms with van der Waals surface area (Å²) in [5.41, 5.74) is 0.644. The standard InChI is InChI=1S/C18H19FN6O2/c1-10-11(2)25-14-15(20-17(25)23(4)21-10)22(3)18(27)24(16(14)26)9-12-7-5-6-8-13(12)19/h5-8,11H,9H2,1-4H3/t11-/m1/s1. The lowest BCUT2D eigenvalue weighted by atomic mass is 10.2. The number of nitrogens with zero attached hydrogens (tertiary/aromatic N) is 6. The van der Waals surface area contributed by atoms with Crippen molar-refractivity contribution in [2.75, 3.05) is 12.1 Å². The Kier molecular flexibility index (Phi) is 3.76. The van der Waals surface area contributed by atoms with E-state index < -0.39 is 17.1 Å². The van der Waals surface area contributed by atoms with Gasteiger partial charge < -0.3 is 0 Å². The lowest BCUT2D eigenvalue weighted by molar-refractivity contribution is 0.581. The van der Waals surface area contributed by atoms with Gasteiger partial charge in [0.25, 0.3) is 5.56 Å². The second kappa shape index (κ2) is 5.90. The van der Waals surface area contributed by atoms with Gasteiger partial charge in [0.15, 0.2) is 11.2 Å². The maximum atomic E-state index is 14.1. The molecule has 1 aliphatic heterocycles. The van der Waals surface area contributed by atoms with Gasteiger partial charge in [-0.2, -0.15) is 10.1 Å². The Morgan fingerprint density at radius 1 is 1.19 bits per heavy atom. The van der Waals surface area contributed by atoms with Crippen molar-refractivity contribution in [1.82, 2.24) is 18.7 Å². The van der Waals surface area contributed by atoms with Crippen LogP contribution < -0.4 is 16.3 Å². The van der Waals surface area contributed by atoms with Gasteiger partial charge >= 0.3 is 5.69 Å². The molecule has 0 radical (unpaired) electrons. The van der Waals surface area contributed by atoms with Crippen LogP contribution in [0.4, 0.5) is 10.3 Å². The molecular weight excluding hydrogens is 351 g/mol. The Balaban J connectivity index is 2.03. The first kappa shape index (κ1) is 17.2. The zero-order valence-corrected chi connectivity index (χ0v) is 15.5. The number of imidazole rings is 1. The molecule has 0 unspecified atom stereocenters. The highest BCUT2D eigenvalue weighted by molar-refractivity contribution is 5.90. The molecule has 3 heterocycles. The summed E-state index contributed by atoms with van der Waals surface area (Å²) in [5.74, 6) is 0.0248. The molecule has 9 heteroatoms. The molecule has 0 N–H and O–H groups in total. The molecule has 0 spiro atoms. The van der Waals surface area contributed by atoms with Crippen molar-refractivity contribution in [2.24, 2.45) is 12.1 Å². The highest BCUT2D eigenvalue weighted by Crippen LogP contribution is 2.28. The fourth-order valence-electron chi connectivity index (χ4n) is 3.41. The molecule has 0 aliphatic carbocycles. The van der Waals surface area contributed by atoms with Gasteiger partial charge in [0.1, 0.15) is 5.82 Å². The van der Waals surface area contributed by atoms with Crippen molar-refractivity contribution in [3.05, 3.63) is 56.5 Å². The highest BCUT2D eigenvalue weighted by Gasteiger charge is 2.29. The number of anilines is 1. The molecule has 27 heavy (non-hydrogen) atoms. The molecule has 0 saturated carbocycles. The summed E-state index contributed by atoms with van der Waals surface area (Å²) < 4.78 is 18.2. The Hall–Kier alpha value is -3.23. The van der Waals surface area contributed by atoms with Crippen LogP contribution in [0.1, 0.15) is 25.5 Å². The van der Waals surface area contributed by atoms with Crippen molar-refractivity contribution in [1.29, 1.82) is 0 Å². The monoisotopic (exact) mass is 370 g/mol. The van der Waals surface area contributed by atoms with Crippen LogP contribution in [0.15, 0.2) is 39.0 Å². The molecule has 1 aliphatic rings. The van der Waals surface area contributed by atoms with E-state index in [-0.39, 0.29) is 23.8 Å². The number of halogens is 1. The van der Waals surface area contributed by atoms with E-state index in [4.69, 9.17) is 0 Å². The topological polar surface area (TPSA) is 77.4 Å². The van der Waals surface area contributed by atoms with Gasteiger partial charge in [-0.1, -0.05) is 18.2 Å². The Bertz CT molecular complexity index is 1220. The van der Waals surface area contributed by atoms with Crippen LogP contribution in [0, 0.1) is 5.82 Å². The summed E-state index contributed by atoms with van der Waals surface area (Å²) in [6.07, 6.45) is 0. The predicted molar refractivity (Wildman–Crippen MR) is 101 cm³/mol. The summed E-state index contributed by atoms with van der Waals surface area (Å²) in [5, 5.41) is 5.99. The van der Waals surface area contributed by atoms with E-state index >= 15 is 0 Å². The largest absolute Gasteiger partial charge is 0.332 e. The summed E-state index contributed by atoms with van der Waals surface area (Å²) in [6.45, 7) is 3.64. The predicted octanol–water partition coefficient (Wildman–Crippen LogP) is 1.47. The fourth-order valence-corrected chi connectivity index (χ4v) is 3.41. The molecule has 1 aromatic carbocycles. The summed E-state index contributed by atoms with van der Waals surface area (Å²) >= 11 is 0. The summed E-state index contributed by atoms with van der Waals surface area (Å²) in [4.78, 5) is 30.5. The van der Waals surface area contributed by atoms with Crippen molar-refractivity contribution in [3.8, 4) is 0 Å². The molecule has 0 fully saturated rings. The van der Waals surface area contributed by atoms with Crippen LogP contribution in [-0.4, -0.2) is 31.4 Å². The van der Waals surface area contributed by atoms with Crippen LogP contribution in [-0.2, 0) is 13.6 Å². The number of aryl methyl sites for hydroxylation is 1. The van der Waals surface area contributed by atoms with Gasteiger partial charge in [0.2, 0.25) is 5.95 Å². The lowest BCUT2D eigenvalue weighted by Gasteiger charge is -2.26. The van der Waals surface area contributed by atoms with Crippen molar-refractivity contribution in [2.45, 2.75) is 26.4 Å². The van der Waals surface area contributed by atoms with Gasteiger partial charge in [-0.3, -0.25) is 18.5 Å². The first-order valence-electron chi connectivity index (χ1n) is 8.55. The van der Waals surface area contributed by atoms with E-state index in [1.807, 2.05) is 13.8 Å². The Morgan fingerprint density at radius 2 is 1.89 bits per heavy atom. The third-order valence-electron chi connectivity index (χ3n) is 5.03. The third-order valence-corrected chi connectivity index (χ3v) is 5.03. The van der Waals surface area contributed by atoms with Gasteiger partial charge in [-0.25, -0.2) is 14.2 Å². The van der Waals surface area contributed by atoms with E-state index in [0.717, 1.165) is 10.3 Å². The van der Waals surface area contributed by atoms with E-state index in [9.17, 15) is 14.0 Å². The number of hydrazone groups is 1. The number of fused-ring (bicyclic) bond motifs is 3. The maximum Gasteiger partial charge on any atom is 0.332 e. The van der Waals surface area contributed by atoms with Crippen molar-refractivity contribution >= 4 is 22.8 Å². The molecule has 4 rings (SSSR count). The molecule has 0 amide bonds. The Morgan fingerprint density at radius 3 is 2.59 bits per heavy atom. The first-order valence-corrected chi connectivity index (χ1v) is 8.55. The van der Waals surface area contributed by atoms with Crippen LogP contribution >= 0.6 is 0 Å². The minimum atomic E-state index is -0.542. The highest BCUT2D eigenvalue weighted by atomic mass is 19.1. The van der Waals surface area contributed by atoms with Gasteiger partial charge in [0, 0.05) is 19.7 Å². The zero-order valence-electron chi connectivity index (χ0n) is 15.5. The fraction of sp³-hybridized carbons (Fsp3) is 0.333. The molecule has 1 atom stereocenters. The SMILES string of the molecule is CC1=NN(C)c2nc3c(c(=O)n(Cc4ccccc4F)c(=O)n3C)n2[C@@H]1C. The van der Waals surface area contributed by atoms with Crippen LogP contribution in [0.3, 0.4) is 0 Å². The van der Waals surface area contributed by atoms with Gasteiger partial charge in [-0.15, -0.1) is 0 Å². The number of hydrogen-bond acceptors (Lipinski definition) is 5. The Labute approximate surface area is 153 Å². The number of hydrogen-bond donors (Lipinski definition) is 0. The van der Waals surface area contributed by atoms with E-state index in [2.05, 4.69) is 10.1 Å². The molecule has 140 valence electrons. The van der Waals surface area contributed by atoms with E-state index in [1.54, 1.807) is 41.9 Å². The lowest BCUT2D eigenvalue weighted by Crippen LogP contribution is -2.40. The second-order valence-corrected chi connectivity index (χ2v) is 6.72. The quantitative estimate of drug-likeness (QED) is 0.684. The molecule has 0 bridgehead atoms. The van der Waals surface area contributed by atoms with Crippen LogP contribution in [0.25, 0.3) is 11.2 Å². The zero-order chi connectivity index (χ0) is 19.5. The first-order chi connectivity index (χ1) is 12.8. The van der Waals surface area contributed by atoms with E-state index in [1.165, 1.54) is 10.6 Å². The number of rotatable bonds is 2. The maximum absolute atomic E-state index is 14.1. The third kappa shape index (κ3) is 2.42. The van der Waals surface area contributed by atoms with E-state index in [0.29, 0.717) is 11.5 Å². The average molecular weight is 370 g/mol. The summed E-state index contributed by atoms with van der Waals surface area (Å²) in [7, 11) is 3.29. The minimum Gasteiger partial charge on any atom is -0.294 e. The molecule has 2 aromatic heterocycles. The van der Waals surface area contributed by atoms with Crippen molar-refractivity contribution in [3.63, 3.8) is 0 Å². The van der Waals surface area contributed by atoms with Crippen LogP contribution in [0.2, 0.25) is 0 Å². The summed E-state index contributed by atoms with van der Waals surface area (Å²) in [6, 6.07) is 5.92. The van der Waals surface area contributed by atoms with Crippen molar-refractivity contribution < 1.29 is 4.39 Å². The molecular formula is C18H19FN6O2. The minimum absolute atomic E-state index is 0.147. The average Bonchev–Trinajstić information content (AvgIpc) is 3.04. The normalized spacial score (nSPS) is 16.6. The van der Waals surface area contributed by atoms with Crippen LogP contribution in [0.5, 0.6) is 0 Å². The molecule has 0 saturated heterocycles. The van der Waals surface area contributed by atoms with Gasteiger partial charge in [-0.05, 0) is 19.9 Å². The second-order valence-electron chi connectivity index (χ2n) is 6.72. The number of aromatic nitrogens is 4.